The van der Waals surface area contributed by atoms with Crippen molar-refractivity contribution < 1.29 is 21.9 Å². The first-order chi connectivity index (χ1) is 17.4. The van der Waals surface area contributed by atoms with E-state index >= 15 is 0 Å². The van der Waals surface area contributed by atoms with E-state index < -0.39 is 45.3 Å². The molecular weight excluding hydrogens is 500 g/mol. The Morgan fingerprint density at radius 1 is 1.22 bits per heavy atom. The lowest BCUT2D eigenvalue weighted by atomic mass is 10.1. The Hall–Kier alpha value is -3.26. The highest BCUT2D eigenvalue weighted by molar-refractivity contribution is 7.92. The number of benzene rings is 1. The third kappa shape index (κ3) is 5.25. The monoisotopic (exact) mass is 531 g/mol. The van der Waals surface area contributed by atoms with Gasteiger partial charge in [0, 0.05) is 24.7 Å². The Bertz CT molecular complexity index is 1420. The van der Waals surface area contributed by atoms with Gasteiger partial charge in [0.2, 0.25) is 5.88 Å². The number of unbranched alkanes of at least 4 members (excludes halogenated alkanes) is 1. The van der Waals surface area contributed by atoms with Gasteiger partial charge >= 0.3 is 0 Å². The predicted molar refractivity (Wildman–Crippen MR) is 137 cm³/mol. The van der Waals surface area contributed by atoms with E-state index in [1.807, 2.05) is 13.0 Å². The molecule has 4 rings (SSSR count). The molecule has 1 saturated carbocycles. The molecule has 0 aliphatic heterocycles. The van der Waals surface area contributed by atoms with Crippen LogP contribution in [0.15, 0.2) is 41.4 Å². The minimum absolute atomic E-state index is 0.191. The lowest BCUT2D eigenvalue weighted by Gasteiger charge is -2.19. The molecule has 1 aromatic carbocycles. The summed E-state index contributed by atoms with van der Waals surface area (Å²) in [5.74, 6) is -3.22. The number of hydrogen-bond donors (Lipinski definition) is 1. The molecule has 0 bridgehead atoms. The molecule has 1 aliphatic carbocycles. The number of fused-ring (bicyclic) bond motifs is 1. The third-order valence-electron chi connectivity index (χ3n) is 6.53. The van der Waals surface area contributed by atoms with Crippen molar-refractivity contribution in [2.24, 2.45) is 5.92 Å². The molecule has 1 aliphatic rings. The third-order valence-corrected chi connectivity index (χ3v) is 9.03. The molecule has 198 valence electrons. The molecule has 0 spiro atoms. The van der Waals surface area contributed by atoms with Gasteiger partial charge in [-0.25, -0.2) is 22.2 Å². The highest BCUT2D eigenvalue weighted by Gasteiger charge is 2.48. The van der Waals surface area contributed by atoms with Gasteiger partial charge in [-0.1, -0.05) is 13.3 Å². The van der Waals surface area contributed by atoms with Crippen LogP contribution in [-0.4, -0.2) is 40.5 Å². The van der Waals surface area contributed by atoms with Crippen molar-refractivity contribution in [1.29, 1.82) is 5.26 Å². The molecule has 2 heterocycles. The number of nitrogens with one attached hydrogen (secondary N) is 1. The number of nitrogens with zero attached hydrogens (tertiary/aromatic N) is 4. The Kier molecular flexibility index (Phi) is 7.16. The molecule has 2 atom stereocenters. The second-order valence-electron chi connectivity index (χ2n) is 10.3. The highest BCUT2D eigenvalue weighted by Crippen LogP contribution is 2.47. The number of aromatic nitrogens is 3. The zero-order valence-electron chi connectivity index (χ0n) is 21.3. The Morgan fingerprint density at radius 3 is 2.54 bits per heavy atom. The quantitative estimate of drug-likeness (QED) is 0.353. The predicted octanol–water partition coefficient (Wildman–Crippen LogP) is 6.04. The van der Waals surface area contributed by atoms with Crippen LogP contribution in [0.4, 0.5) is 20.3 Å². The van der Waals surface area contributed by atoms with Crippen molar-refractivity contribution in [3.05, 3.63) is 36.5 Å². The number of rotatable bonds is 8. The zero-order valence-corrected chi connectivity index (χ0v) is 22.1. The molecule has 37 heavy (non-hydrogen) atoms. The van der Waals surface area contributed by atoms with Gasteiger partial charge in [0.05, 0.1) is 39.8 Å². The molecule has 1 fully saturated rings. The van der Waals surface area contributed by atoms with Crippen LogP contribution in [0, 0.1) is 17.2 Å². The van der Waals surface area contributed by atoms with Crippen LogP contribution in [0.5, 0.6) is 5.88 Å². The van der Waals surface area contributed by atoms with E-state index in [0.29, 0.717) is 34.9 Å². The van der Waals surface area contributed by atoms with Gasteiger partial charge in [-0.05, 0) is 57.5 Å². The van der Waals surface area contributed by atoms with Crippen LogP contribution < -0.4 is 10.1 Å². The average molecular weight is 532 g/mol. The normalized spacial score (nSPS) is 19.6. The maximum Gasteiger partial charge on any atom is 0.251 e. The van der Waals surface area contributed by atoms with Gasteiger partial charge in [0.1, 0.15) is 5.39 Å². The number of nitriles is 1. The van der Waals surface area contributed by atoms with Crippen LogP contribution in [0.3, 0.4) is 0 Å². The lowest BCUT2D eigenvalue weighted by molar-refractivity contribution is 0.00392. The van der Waals surface area contributed by atoms with E-state index in [0.717, 1.165) is 12.8 Å². The molecule has 0 saturated heterocycles. The molecule has 0 radical (unpaired) electrons. The van der Waals surface area contributed by atoms with Crippen molar-refractivity contribution in [3.63, 3.8) is 0 Å². The zero-order chi connectivity index (χ0) is 27.0. The fourth-order valence-electron chi connectivity index (χ4n) is 4.41. The summed E-state index contributed by atoms with van der Waals surface area (Å²) in [5, 5.41) is 17.9. The summed E-state index contributed by atoms with van der Waals surface area (Å²) >= 11 is 0. The lowest BCUT2D eigenvalue weighted by Crippen LogP contribution is -2.27. The van der Waals surface area contributed by atoms with Crippen LogP contribution >= 0.6 is 0 Å². The number of pyridine rings is 1. The number of sulfone groups is 1. The van der Waals surface area contributed by atoms with E-state index in [-0.39, 0.29) is 4.90 Å². The average Bonchev–Trinajstić information content (AvgIpc) is 3.35. The van der Waals surface area contributed by atoms with Gasteiger partial charge in [-0.2, -0.15) is 10.4 Å². The first kappa shape index (κ1) is 26.8. The highest BCUT2D eigenvalue weighted by atomic mass is 32.2. The van der Waals surface area contributed by atoms with Gasteiger partial charge in [0.25, 0.3) is 5.92 Å². The summed E-state index contributed by atoms with van der Waals surface area (Å²) in [7, 11) is -3.53. The second kappa shape index (κ2) is 9.89. The fraction of sp³-hybridized carbons (Fsp3) is 0.500. The van der Waals surface area contributed by atoms with Crippen molar-refractivity contribution in [3.8, 4) is 11.9 Å². The van der Waals surface area contributed by atoms with E-state index in [1.54, 1.807) is 39.0 Å². The van der Waals surface area contributed by atoms with Gasteiger partial charge in [-0.3, -0.25) is 4.68 Å². The van der Waals surface area contributed by atoms with E-state index in [1.165, 1.54) is 23.0 Å². The summed E-state index contributed by atoms with van der Waals surface area (Å²) < 4.78 is 60.6. The number of anilines is 2. The minimum Gasteiger partial charge on any atom is -0.477 e. The van der Waals surface area contributed by atoms with Crippen LogP contribution in [0.2, 0.25) is 0 Å². The molecule has 8 nitrogen and oxygen atoms in total. The molecule has 2 aromatic heterocycles. The SMILES string of the molecule is CCCCOc1nccc2c1c(Nc1ccc(S(=O)(=O)C(C)(C)C)cc1)nn2[C@H]1CC(F)(F)C[C@H]1C#N. The van der Waals surface area contributed by atoms with Crippen molar-refractivity contribution in [2.45, 2.75) is 75.0 Å². The maximum absolute atomic E-state index is 14.3. The van der Waals surface area contributed by atoms with Crippen LogP contribution in [0.25, 0.3) is 10.9 Å². The maximum atomic E-state index is 14.3. The van der Waals surface area contributed by atoms with Crippen molar-refractivity contribution in [2.75, 3.05) is 11.9 Å². The minimum atomic E-state index is -3.53. The van der Waals surface area contributed by atoms with E-state index in [9.17, 15) is 22.5 Å². The number of ether oxygens (including phenoxy) is 1. The van der Waals surface area contributed by atoms with E-state index in [2.05, 4.69) is 15.4 Å². The molecule has 0 amide bonds. The molecule has 3 aromatic rings. The number of hydrogen-bond acceptors (Lipinski definition) is 7. The standard InChI is InChI=1S/C26H31F2N5O3S/c1-5-6-13-36-24-22-20(11-12-30-24)33(21-15-26(27,28)14-17(21)16-29)32-23(22)31-18-7-9-19(10-8-18)37(34,35)25(2,3)4/h7-12,17,21H,5-6,13-15H2,1-4H3,(H,31,32)/t17-,21-/m0/s1. The summed E-state index contributed by atoms with van der Waals surface area (Å²) in [6.07, 6.45) is 2.25. The topological polar surface area (TPSA) is 110 Å². The Balaban J connectivity index is 1.77. The molecular formula is C26H31F2N5O3S. The Labute approximate surface area is 215 Å². The summed E-state index contributed by atoms with van der Waals surface area (Å²) in [5.41, 5.74) is 1.08. The summed E-state index contributed by atoms with van der Waals surface area (Å²) in [4.78, 5) is 4.55. The smallest absolute Gasteiger partial charge is 0.251 e. The summed E-state index contributed by atoms with van der Waals surface area (Å²) in [6, 6.07) is 9.15. The fourth-order valence-corrected chi connectivity index (χ4v) is 5.61. The molecule has 1 N–H and O–H groups in total. The summed E-state index contributed by atoms with van der Waals surface area (Å²) in [6.45, 7) is 7.38. The van der Waals surface area contributed by atoms with Crippen molar-refractivity contribution >= 4 is 32.2 Å². The van der Waals surface area contributed by atoms with E-state index in [4.69, 9.17) is 4.74 Å². The van der Waals surface area contributed by atoms with Crippen molar-refractivity contribution in [1.82, 2.24) is 14.8 Å². The van der Waals surface area contributed by atoms with Gasteiger partial charge in [0.15, 0.2) is 15.7 Å². The van der Waals surface area contributed by atoms with Gasteiger partial charge in [-0.15, -0.1) is 0 Å². The number of halogens is 2. The second-order valence-corrected chi connectivity index (χ2v) is 13.0. The van der Waals surface area contributed by atoms with Crippen LogP contribution in [-0.2, 0) is 9.84 Å². The first-order valence-electron chi connectivity index (χ1n) is 12.3. The molecule has 11 heteroatoms. The largest absolute Gasteiger partial charge is 0.477 e. The Morgan fingerprint density at radius 2 is 1.92 bits per heavy atom. The van der Waals surface area contributed by atoms with Gasteiger partial charge < -0.3 is 10.1 Å². The molecule has 0 unspecified atom stereocenters. The van der Waals surface area contributed by atoms with Crippen LogP contribution in [0.1, 0.15) is 59.4 Å². The first-order valence-corrected chi connectivity index (χ1v) is 13.8. The number of alkyl halides is 2.